The lowest BCUT2D eigenvalue weighted by molar-refractivity contribution is 0.601. The average Bonchev–Trinajstić information content (AvgIpc) is 2.69. The number of nitriles is 1. The lowest BCUT2D eigenvalue weighted by atomic mass is 10.1. The zero-order valence-corrected chi connectivity index (χ0v) is 13.0. The first-order chi connectivity index (χ1) is 9.35. The maximum atomic E-state index is 12.4. The molecule has 0 unspecified atom stereocenters. The van der Waals surface area contributed by atoms with Gasteiger partial charge in [-0.3, -0.25) is 4.72 Å². The van der Waals surface area contributed by atoms with Crippen molar-refractivity contribution in [2.45, 2.75) is 25.7 Å². The highest BCUT2D eigenvalue weighted by atomic mass is 32.2. The van der Waals surface area contributed by atoms with E-state index in [4.69, 9.17) is 5.26 Å². The normalized spacial score (nSPS) is 11.1. The van der Waals surface area contributed by atoms with Gasteiger partial charge >= 0.3 is 0 Å². The van der Waals surface area contributed by atoms with E-state index in [1.165, 1.54) is 11.3 Å². The van der Waals surface area contributed by atoms with Crippen molar-refractivity contribution < 1.29 is 8.42 Å². The van der Waals surface area contributed by atoms with Crippen molar-refractivity contribution in [3.63, 3.8) is 0 Å². The van der Waals surface area contributed by atoms with Gasteiger partial charge in [-0.25, -0.2) is 8.42 Å². The van der Waals surface area contributed by atoms with E-state index >= 15 is 0 Å². The van der Waals surface area contributed by atoms with Crippen molar-refractivity contribution in [1.82, 2.24) is 0 Å². The lowest BCUT2D eigenvalue weighted by Gasteiger charge is -2.10. The summed E-state index contributed by atoms with van der Waals surface area (Å²) in [7, 11) is -3.66. The summed E-state index contributed by atoms with van der Waals surface area (Å²) in [5.74, 6) is 0. The SMILES string of the molecule is Cc1cc(S(=O)(=O)Nc2cccc(C)c2C#N)c(C)s1. The number of nitrogens with zero attached hydrogens (tertiary/aromatic N) is 1. The molecule has 0 aliphatic carbocycles. The number of rotatable bonds is 3. The third-order valence-corrected chi connectivity index (χ3v) is 5.50. The van der Waals surface area contributed by atoms with Crippen LogP contribution in [-0.2, 0) is 10.0 Å². The van der Waals surface area contributed by atoms with Gasteiger partial charge in [0, 0.05) is 9.75 Å². The molecule has 1 N–H and O–H groups in total. The van der Waals surface area contributed by atoms with Gasteiger partial charge in [0.15, 0.2) is 0 Å². The van der Waals surface area contributed by atoms with Crippen LogP contribution in [0.2, 0.25) is 0 Å². The van der Waals surface area contributed by atoms with E-state index in [1.54, 1.807) is 38.1 Å². The predicted molar refractivity (Wildman–Crippen MR) is 80.5 cm³/mol. The number of hydrogen-bond donors (Lipinski definition) is 1. The van der Waals surface area contributed by atoms with E-state index in [-0.39, 0.29) is 4.90 Å². The molecule has 0 aliphatic heterocycles. The summed E-state index contributed by atoms with van der Waals surface area (Å²) in [4.78, 5) is 1.94. The van der Waals surface area contributed by atoms with E-state index in [2.05, 4.69) is 4.72 Å². The average molecular weight is 306 g/mol. The molecule has 0 amide bonds. The van der Waals surface area contributed by atoms with Crippen LogP contribution < -0.4 is 4.72 Å². The van der Waals surface area contributed by atoms with Gasteiger partial charge in [0.2, 0.25) is 0 Å². The molecule has 0 saturated heterocycles. The van der Waals surface area contributed by atoms with Gasteiger partial charge in [0.05, 0.1) is 11.3 Å². The number of aryl methyl sites for hydroxylation is 3. The zero-order chi connectivity index (χ0) is 14.9. The fourth-order valence-corrected chi connectivity index (χ4v) is 4.60. The summed E-state index contributed by atoms with van der Waals surface area (Å²) < 4.78 is 27.3. The van der Waals surface area contributed by atoms with Gasteiger partial charge in [-0.1, -0.05) is 12.1 Å². The fraction of sp³-hybridized carbons (Fsp3) is 0.214. The van der Waals surface area contributed by atoms with E-state index in [0.717, 1.165) is 15.3 Å². The Balaban J connectivity index is 2.47. The molecule has 1 aromatic carbocycles. The molecule has 104 valence electrons. The molecular weight excluding hydrogens is 292 g/mol. The first-order valence-corrected chi connectivity index (χ1v) is 8.24. The smallest absolute Gasteiger partial charge is 0.263 e. The third kappa shape index (κ3) is 2.69. The van der Waals surface area contributed by atoms with Crippen LogP contribution in [0.4, 0.5) is 5.69 Å². The van der Waals surface area contributed by atoms with Crippen LogP contribution in [0.3, 0.4) is 0 Å². The molecule has 0 fully saturated rings. The summed E-state index contributed by atoms with van der Waals surface area (Å²) in [6.45, 7) is 5.41. The molecule has 0 saturated carbocycles. The third-order valence-electron chi connectivity index (χ3n) is 2.91. The van der Waals surface area contributed by atoms with Crippen LogP contribution in [0.15, 0.2) is 29.2 Å². The van der Waals surface area contributed by atoms with Crippen LogP contribution in [0.1, 0.15) is 20.9 Å². The minimum atomic E-state index is -3.66. The molecule has 0 atom stereocenters. The maximum absolute atomic E-state index is 12.4. The van der Waals surface area contributed by atoms with Crippen molar-refractivity contribution in [3.05, 3.63) is 45.1 Å². The molecule has 2 aromatic rings. The van der Waals surface area contributed by atoms with E-state index < -0.39 is 10.0 Å². The van der Waals surface area contributed by atoms with E-state index in [1.807, 2.05) is 13.0 Å². The van der Waals surface area contributed by atoms with Gasteiger partial charge in [-0.15, -0.1) is 11.3 Å². The molecule has 6 heteroatoms. The van der Waals surface area contributed by atoms with Crippen LogP contribution >= 0.6 is 11.3 Å². The molecule has 1 heterocycles. The summed E-state index contributed by atoms with van der Waals surface area (Å²) in [6.07, 6.45) is 0. The summed E-state index contributed by atoms with van der Waals surface area (Å²) in [5, 5.41) is 9.14. The Morgan fingerprint density at radius 1 is 1.25 bits per heavy atom. The number of hydrogen-bond acceptors (Lipinski definition) is 4. The van der Waals surface area contributed by atoms with Gasteiger partial charge in [0.25, 0.3) is 10.0 Å². The van der Waals surface area contributed by atoms with Crippen LogP contribution in [0.5, 0.6) is 0 Å². The minimum Gasteiger partial charge on any atom is -0.278 e. The number of benzene rings is 1. The monoisotopic (exact) mass is 306 g/mol. The Morgan fingerprint density at radius 3 is 2.50 bits per heavy atom. The number of thiophene rings is 1. The Morgan fingerprint density at radius 2 is 1.95 bits per heavy atom. The molecule has 4 nitrogen and oxygen atoms in total. The standard InChI is InChI=1S/C14H14N2O2S2/c1-9-5-4-6-13(12(9)8-15)16-20(17,18)14-7-10(2)19-11(14)3/h4-7,16H,1-3H3. The summed E-state index contributed by atoms with van der Waals surface area (Å²) in [6, 6.07) is 8.77. The highest BCUT2D eigenvalue weighted by molar-refractivity contribution is 7.93. The Labute approximate surface area is 122 Å². The second-order valence-electron chi connectivity index (χ2n) is 4.49. The minimum absolute atomic E-state index is 0.269. The number of anilines is 1. The van der Waals surface area contributed by atoms with Gasteiger partial charge in [-0.05, 0) is 38.5 Å². The molecule has 0 bridgehead atoms. The second-order valence-corrected chi connectivity index (χ2v) is 7.60. The number of nitrogens with one attached hydrogen (secondary N) is 1. The van der Waals surface area contributed by atoms with Crippen molar-refractivity contribution in [2.24, 2.45) is 0 Å². The molecule has 20 heavy (non-hydrogen) atoms. The van der Waals surface area contributed by atoms with E-state index in [0.29, 0.717) is 11.3 Å². The predicted octanol–water partition coefficient (Wildman–Crippen LogP) is 3.35. The highest BCUT2D eigenvalue weighted by Crippen LogP contribution is 2.28. The maximum Gasteiger partial charge on any atom is 0.263 e. The summed E-state index contributed by atoms with van der Waals surface area (Å²) in [5.41, 5.74) is 1.40. The Kier molecular flexibility index (Phi) is 3.84. The fourth-order valence-electron chi connectivity index (χ4n) is 1.98. The molecule has 1 aromatic heterocycles. The first kappa shape index (κ1) is 14.6. The zero-order valence-electron chi connectivity index (χ0n) is 11.4. The van der Waals surface area contributed by atoms with Gasteiger partial charge in [0.1, 0.15) is 11.0 Å². The van der Waals surface area contributed by atoms with Crippen LogP contribution in [-0.4, -0.2) is 8.42 Å². The van der Waals surface area contributed by atoms with Gasteiger partial charge in [-0.2, -0.15) is 5.26 Å². The largest absolute Gasteiger partial charge is 0.278 e. The Hall–Kier alpha value is -1.84. The van der Waals surface area contributed by atoms with Crippen LogP contribution in [0, 0.1) is 32.1 Å². The quantitative estimate of drug-likeness (QED) is 0.945. The summed E-state index contributed by atoms with van der Waals surface area (Å²) >= 11 is 1.44. The highest BCUT2D eigenvalue weighted by Gasteiger charge is 2.20. The molecular formula is C14H14N2O2S2. The first-order valence-electron chi connectivity index (χ1n) is 5.94. The van der Waals surface area contributed by atoms with Crippen LogP contribution in [0.25, 0.3) is 0 Å². The molecule has 0 spiro atoms. The van der Waals surface area contributed by atoms with E-state index in [9.17, 15) is 8.42 Å². The van der Waals surface area contributed by atoms with Crippen molar-refractivity contribution in [1.29, 1.82) is 5.26 Å². The van der Waals surface area contributed by atoms with Crippen molar-refractivity contribution >= 4 is 27.0 Å². The second kappa shape index (κ2) is 5.27. The van der Waals surface area contributed by atoms with Gasteiger partial charge < -0.3 is 0 Å². The molecule has 0 radical (unpaired) electrons. The molecule has 0 aliphatic rings. The molecule has 2 rings (SSSR count). The number of sulfonamides is 1. The van der Waals surface area contributed by atoms with Crippen molar-refractivity contribution in [2.75, 3.05) is 4.72 Å². The Bertz CT molecular complexity index is 799. The topological polar surface area (TPSA) is 70.0 Å². The lowest BCUT2D eigenvalue weighted by Crippen LogP contribution is -2.14. The van der Waals surface area contributed by atoms with Crippen molar-refractivity contribution in [3.8, 4) is 6.07 Å².